The van der Waals surface area contributed by atoms with Crippen molar-refractivity contribution in [3.05, 3.63) is 29.3 Å². The zero-order chi connectivity index (χ0) is 13.8. The second kappa shape index (κ2) is 6.37. The van der Waals surface area contributed by atoms with Crippen LogP contribution < -0.4 is 15.8 Å². The second-order valence-corrected chi connectivity index (χ2v) is 5.39. The van der Waals surface area contributed by atoms with Crippen molar-refractivity contribution in [1.82, 2.24) is 10.2 Å². The van der Waals surface area contributed by atoms with Gasteiger partial charge in [0.05, 0.1) is 13.3 Å². The van der Waals surface area contributed by atoms with Gasteiger partial charge in [0.1, 0.15) is 5.75 Å². The Bertz CT molecular complexity index is 414. The Kier molecular flexibility index (Phi) is 4.80. The summed E-state index contributed by atoms with van der Waals surface area (Å²) in [5.74, 6) is 1.38. The lowest BCUT2D eigenvalue weighted by atomic mass is 9.98. The number of rotatable bonds is 4. The van der Waals surface area contributed by atoms with E-state index in [9.17, 15) is 0 Å². The highest BCUT2D eigenvalue weighted by molar-refractivity contribution is 5.40. The van der Waals surface area contributed by atoms with Gasteiger partial charge in [0, 0.05) is 31.7 Å². The number of hydrogen-bond acceptors (Lipinski definition) is 4. The van der Waals surface area contributed by atoms with Crippen LogP contribution in [0, 0.1) is 0 Å². The fraction of sp³-hybridized carbons (Fsp3) is 0.600. The Morgan fingerprint density at radius 1 is 1.26 bits per heavy atom. The maximum Gasteiger partial charge on any atom is 0.124 e. The molecule has 4 nitrogen and oxygen atoms in total. The molecule has 106 valence electrons. The lowest BCUT2D eigenvalue weighted by Gasteiger charge is -2.33. The van der Waals surface area contributed by atoms with Gasteiger partial charge in [-0.05, 0) is 23.6 Å². The molecule has 0 bridgehead atoms. The Hall–Kier alpha value is -1.10. The van der Waals surface area contributed by atoms with Gasteiger partial charge in [-0.3, -0.25) is 4.90 Å². The number of nitrogens with zero attached hydrogens (tertiary/aromatic N) is 1. The van der Waals surface area contributed by atoms with Gasteiger partial charge >= 0.3 is 0 Å². The van der Waals surface area contributed by atoms with Crippen molar-refractivity contribution in [3.63, 3.8) is 0 Å². The van der Waals surface area contributed by atoms with Gasteiger partial charge in [0.15, 0.2) is 0 Å². The number of methoxy groups -OCH3 is 1. The van der Waals surface area contributed by atoms with Crippen LogP contribution in [0.2, 0.25) is 0 Å². The summed E-state index contributed by atoms with van der Waals surface area (Å²) in [7, 11) is 1.71. The van der Waals surface area contributed by atoms with Gasteiger partial charge < -0.3 is 15.8 Å². The topological polar surface area (TPSA) is 50.5 Å². The molecular weight excluding hydrogens is 238 g/mol. The molecule has 0 spiro atoms. The fourth-order valence-electron chi connectivity index (χ4n) is 2.50. The molecule has 0 radical (unpaired) electrons. The molecule has 1 heterocycles. The highest BCUT2D eigenvalue weighted by atomic mass is 16.5. The van der Waals surface area contributed by atoms with Crippen LogP contribution in [-0.2, 0) is 0 Å². The van der Waals surface area contributed by atoms with Gasteiger partial charge in [-0.25, -0.2) is 0 Å². The maximum absolute atomic E-state index is 6.43. The third kappa shape index (κ3) is 3.26. The monoisotopic (exact) mass is 263 g/mol. The number of nitrogens with two attached hydrogens (primary N) is 1. The van der Waals surface area contributed by atoms with Gasteiger partial charge in [0.2, 0.25) is 0 Å². The van der Waals surface area contributed by atoms with Crippen molar-refractivity contribution in [2.24, 2.45) is 5.73 Å². The third-order valence-corrected chi connectivity index (χ3v) is 3.78. The summed E-state index contributed by atoms with van der Waals surface area (Å²) < 4.78 is 5.47. The third-order valence-electron chi connectivity index (χ3n) is 3.78. The first kappa shape index (κ1) is 14.3. The molecule has 0 amide bonds. The van der Waals surface area contributed by atoms with Crippen LogP contribution in [0.15, 0.2) is 18.2 Å². The first-order valence-corrected chi connectivity index (χ1v) is 7.01. The summed E-state index contributed by atoms with van der Waals surface area (Å²) in [6, 6.07) is 6.35. The van der Waals surface area contributed by atoms with E-state index in [1.165, 1.54) is 5.56 Å². The van der Waals surface area contributed by atoms with Crippen molar-refractivity contribution in [2.75, 3.05) is 33.3 Å². The Labute approximate surface area is 115 Å². The molecule has 1 aliphatic rings. The quantitative estimate of drug-likeness (QED) is 0.868. The van der Waals surface area contributed by atoms with Crippen LogP contribution in [0.5, 0.6) is 5.75 Å². The zero-order valence-electron chi connectivity index (χ0n) is 12.1. The highest BCUT2D eigenvalue weighted by Crippen LogP contribution is 2.29. The van der Waals surface area contributed by atoms with E-state index in [1.54, 1.807) is 7.11 Å². The Morgan fingerprint density at radius 2 is 1.95 bits per heavy atom. The van der Waals surface area contributed by atoms with E-state index < -0.39 is 0 Å². The minimum absolute atomic E-state index is 0.0873. The summed E-state index contributed by atoms with van der Waals surface area (Å²) in [5, 5.41) is 3.35. The SMILES string of the molecule is COc1ccc(C(C)C)cc1C(N)N1CCNCC1. The molecular formula is C15H25N3O. The van der Waals surface area contributed by atoms with E-state index in [1.807, 2.05) is 6.07 Å². The minimum atomic E-state index is -0.0873. The lowest BCUT2D eigenvalue weighted by molar-refractivity contribution is 0.174. The van der Waals surface area contributed by atoms with Crippen LogP contribution in [0.25, 0.3) is 0 Å². The average molecular weight is 263 g/mol. The predicted octanol–water partition coefficient (Wildman–Crippen LogP) is 1.68. The summed E-state index contributed by atoms with van der Waals surface area (Å²) in [4.78, 5) is 2.30. The van der Waals surface area contributed by atoms with Crippen LogP contribution in [-0.4, -0.2) is 38.2 Å². The van der Waals surface area contributed by atoms with Crippen molar-refractivity contribution < 1.29 is 4.74 Å². The molecule has 2 rings (SSSR count). The van der Waals surface area contributed by atoms with Crippen molar-refractivity contribution >= 4 is 0 Å². The van der Waals surface area contributed by atoms with Crippen LogP contribution in [0.1, 0.15) is 37.1 Å². The number of nitrogens with one attached hydrogen (secondary N) is 1. The van der Waals surface area contributed by atoms with Crippen molar-refractivity contribution in [1.29, 1.82) is 0 Å². The molecule has 3 N–H and O–H groups in total. The number of ether oxygens (including phenoxy) is 1. The molecule has 1 unspecified atom stereocenters. The predicted molar refractivity (Wildman–Crippen MR) is 78.5 cm³/mol. The first-order valence-electron chi connectivity index (χ1n) is 7.01. The van der Waals surface area contributed by atoms with E-state index in [4.69, 9.17) is 10.5 Å². The normalized spacial score (nSPS) is 18.6. The average Bonchev–Trinajstić information content (AvgIpc) is 2.46. The summed E-state index contributed by atoms with van der Waals surface area (Å²) in [6.45, 7) is 8.36. The number of benzene rings is 1. The standard InChI is InChI=1S/C15H25N3O/c1-11(2)12-4-5-14(19-3)13(10-12)15(16)18-8-6-17-7-9-18/h4-5,10-11,15,17H,6-9,16H2,1-3H3. The summed E-state index contributed by atoms with van der Waals surface area (Å²) in [5.41, 5.74) is 8.83. The molecule has 1 aromatic rings. The second-order valence-electron chi connectivity index (χ2n) is 5.39. The van der Waals surface area contributed by atoms with E-state index in [-0.39, 0.29) is 6.17 Å². The van der Waals surface area contributed by atoms with E-state index >= 15 is 0 Å². The van der Waals surface area contributed by atoms with Crippen LogP contribution in [0.3, 0.4) is 0 Å². The van der Waals surface area contributed by atoms with Crippen molar-refractivity contribution in [2.45, 2.75) is 25.9 Å². The largest absolute Gasteiger partial charge is 0.496 e. The summed E-state index contributed by atoms with van der Waals surface area (Å²) >= 11 is 0. The molecule has 1 fully saturated rings. The smallest absolute Gasteiger partial charge is 0.124 e. The molecule has 0 saturated carbocycles. The zero-order valence-corrected chi connectivity index (χ0v) is 12.1. The highest BCUT2D eigenvalue weighted by Gasteiger charge is 2.21. The molecule has 19 heavy (non-hydrogen) atoms. The molecule has 4 heteroatoms. The van der Waals surface area contributed by atoms with E-state index in [0.717, 1.165) is 37.5 Å². The minimum Gasteiger partial charge on any atom is -0.496 e. The van der Waals surface area contributed by atoms with Gasteiger partial charge in [-0.2, -0.15) is 0 Å². The number of hydrogen-bond donors (Lipinski definition) is 2. The van der Waals surface area contributed by atoms with Crippen LogP contribution >= 0.6 is 0 Å². The fourth-order valence-corrected chi connectivity index (χ4v) is 2.50. The summed E-state index contributed by atoms with van der Waals surface area (Å²) in [6.07, 6.45) is -0.0873. The molecule has 1 aromatic carbocycles. The molecule has 0 aliphatic carbocycles. The van der Waals surface area contributed by atoms with Crippen molar-refractivity contribution in [3.8, 4) is 5.75 Å². The number of piperazine rings is 1. The van der Waals surface area contributed by atoms with Gasteiger partial charge in [-0.1, -0.05) is 19.9 Å². The Morgan fingerprint density at radius 3 is 2.53 bits per heavy atom. The molecule has 1 aliphatic heterocycles. The lowest BCUT2D eigenvalue weighted by Crippen LogP contribution is -2.47. The first-order chi connectivity index (χ1) is 9.13. The van der Waals surface area contributed by atoms with E-state index in [2.05, 4.69) is 36.2 Å². The van der Waals surface area contributed by atoms with E-state index in [0.29, 0.717) is 5.92 Å². The molecule has 1 saturated heterocycles. The van der Waals surface area contributed by atoms with Gasteiger partial charge in [-0.15, -0.1) is 0 Å². The van der Waals surface area contributed by atoms with Crippen LogP contribution in [0.4, 0.5) is 0 Å². The molecule has 0 aromatic heterocycles. The molecule has 1 atom stereocenters. The Balaban J connectivity index is 2.27. The maximum atomic E-state index is 6.43. The van der Waals surface area contributed by atoms with Gasteiger partial charge in [0.25, 0.3) is 0 Å².